The third-order valence-corrected chi connectivity index (χ3v) is 4.16. The van der Waals surface area contributed by atoms with E-state index in [9.17, 15) is 4.79 Å². The van der Waals surface area contributed by atoms with Crippen molar-refractivity contribution in [2.75, 3.05) is 0 Å². The molecule has 0 spiro atoms. The molecule has 3 rings (SSSR count). The van der Waals surface area contributed by atoms with Crippen LogP contribution in [0.4, 0.5) is 0 Å². The van der Waals surface area contributed by atoms with E-state index in [2.05, 4.69) is 60.7 Å². The summed E-state index contributed by atoms with van der Waals surface area (Å²) in [6, 6.07) is 21.1. The molecule has 1 atom stereocenters. The average molecular weight is 288 g/mol. The van der Waals surface area contributed by atoms with Gasteiger partial charge in [-0.2, -0.15) is 0 Å². The smallest absolute Gasteiger partial charge is 0.130 e. The fraction of sp³-hybridized carbons (Fsp3) is 0.190. The molecule has 1 aliphatic carbocycles. The van der Waals surface area contributed by atoms with Crippen LogP contribution in [-0.2, 0) is 4.79 Å². The summed E-state index contributed by atoms with van der Waals surface area (Å²) in [4.78, 5) is 11.4. The van der Waals surface area contributed by atoms with Gasteiger partial charge in [-0.15, -0.1) is 0 Å². The van der Waals surface area contributed by atoms with Crippen LogP contribution >= 0.6 is 0 Å². The van der Waals surface area contributed by atoms with Gasteiger partial charge in [0.05, 0.1) is 0 Å². The maximum atomic E-state index is 11.4. The van der Waals surface area contributed by atoms with E-state index >= 15 is 0 Å². The molecule has 0 radical (unpaired) electrons. The van der Waals surface area contributed by atoms with Crippen LogP contribution in [0.3, 0.4) is 0 Å². The first kappa shape index (κ1) is 14.5. The van der Waals surface area contributed by atoms with Gasteiger partial charge in [0.25, 0.3) is 0 Å². The molecular formula is C21H20O. The molecule has 2 aromatic rings. The molecule has 0 bridgehead atoms. The zero-order valence-electron chi connectivity index (χ0n) is 12.8. The maximum Gasteiger partial charge on any atom is 0.130 e. The lowest BCUT2D eigenvalue weighted by Crippen LogP contribution is -2.04. The molecule has 0 heterocycles. The van der Waals surface area contributed by atoms with E-state index in [0.717, 1.165) is 6.42 Å². The third kappa shape index (κ3) is 3.09. The second-order valence-electron chi connectivity index (χ2n) is 5.78. The van der Waals surface area contributed by atoms with Crippen LogP contribution < -0.4 is 0 Å². The standard InChI is InChI=1S/C21H20O/c1-16(22)12-13-19-14-15-20(17-8-4-2-5-9-17)21(19)18-10-6-3-7-11-18/h2-11,14-15,21H,12-13H2,1H3. The topological polar surface area (TPSA) is 17.1 Å². The van der Waals surface area contributed by atoms with E-state index in [4.69, 9.17) is 0 Å². The molecular weight excluding hydrogens is 268 g/mol. The van der Waals surface area contributed by atoms with Crippen molar-refractivity contribution in [3.8, 4) is 0 Å². The van der Waals surface area contributed by atoms with Crippen molar-refractivity contribution >= 4 is 11.4 Å². The van der Waals surface area contributed by atoms with E-state index in [1.54, 1.807) is 6.92 Å². The summed E-state index contributed by atoms with van der Waals surface area (Å²) >= 11 is 0. The summed E-state index contributed by atoms with van der Waals surface area (Å²) in [6.07, 6.45) is 5.86. The SMILES string of the molecule is CC(=O)CCC1=CC=C(c2ccccc2)C1c1ccccc1. The normalized spacial score (nSPS) is 17.0. The minimum Gasteiger partial charge on any atom is -0.300 e. The summed E-state index contributed by atoms with van der Waals surface area (Å²) in [5.41, 5.74) is 5.21. The molecule has 1 unspecified atom stereocenters. The molecule has 1 nitrogen and oxygen atoms in total. The maximum absolute atomic E-state index is 11.4. The minimum absolute atomic E-state index is 0.251. The van der Waals surface area contributed by atoms with Gasteiger partial charge in [-0.3, -0.25) is 0 Å². The molecule has 22 heavy (non-hydrogen) atoms. The fourth-order valence-corrected chi connectivity index (χ4v) is 3.07. The fourth-order valence-electron chi connectivity index (χ4n) is 3.07. The summed E-state index contributed by atoms with van der Waals surface area (Å²) < 4.78 is 0. The Morgan fingerprint density at radius 2 is 1.55 bits per heavy atom. The monoisotopic (exact) mass is 288 g/mol. The molecule has 0 saturated carbocycles. The van der Waals surface area contributed by atoms with Gasteiger partial charge in [-0.25, -0.2) is 0 Å². The first-order chi connectivity index (χ1) is 10.8. The molecule has 1 aliphatic rings. The molecule has 110 valence electrons. The highest BCUT2D eigenvalue weighted by Gasteiger charge is 2.25. The Morgan fingerprint density at radius 1 is 0.909 bits per heavy atom. The van der Waals surface area contributed by atoms with Crippen LogP contribution in [0.1, 0.15) is 36.8 Å². The number of allylic oxidation sites excluding steroid dienone is 4. The lowest BCUT2D eigenvalue weighted by atomic mass is 9.83. The largest absolute Gasteiger partial charge is 0.300 e. The van der Waals surface area contributed by atoms with Crippen LogP contribution in [0.5, 0.6) is 0 Å². The van der Waals surface area contributed by atoms with Gasteiger partial charge in [-0.1, -0.05) is 78.4 Å². The van der Waals surface area contributed by atoms with Crippen molar-refractivity contribution < 1.29 is 4.79 Å². The Bertz CT molecular complexity index is 708. The first-order valence-corrected chi connectivity index (χ1v) is 7.76. The van der Waals surface area contributed by atoms with Crippen molar-refractivity contribution in [1.29, 1.82) is 0 Å². The van der Waals surface area contributed by atoms with Crippen molar-refractivity contribution in [1.82, 2.24) is 0 Å². The molecule has 2 aromatic carbocycles. The number of carbonyl (C=O) groups excluding carboxylic acids is 1. The molecule has 0 aromatic heterocycles. The van der Waals surface area contributed by atoms with Gasteiger partial charge in [0.1, 0.15) is 5.78 Å². The van der Waals surface area contributed by atoms with E-state index < -0.39 is 0 Å². The number of hydrogen-bond acceptors (Lipinski definition) is 1. The van der Waals surface area contributed by atoms with Gasteiger partial charge in [0.2, 0.25) is 0 Å². The molecule has 1 heteroatoms. The van der Waals surface area contributed by atoms with E-state index in [1.807, 2.05) is 12.1 Å². The van der Waals surface area contributed by atoms with Crippen LogP contribution in [0.25, 0.3) is 5.57 Å². The van der Waals surface area contributed by atoms with Crippen LogP contribution in [-0.4, -0.2) is 5.78 Å². The zero-order valence-corrected chi connectivity index (χ0v) is 12.8. The third-order valence-electron chi connectivity index (χ3n) is 4.16. The number of ketones is 1. The molecule has 0 aliphatic heterocycles. The second-order valence-corrected chi connectivity index (χ2v) is 5.78. The number of Topliss-reactive ketones (excluding diaryl/α,β-unsaturated/α-hetero) is 1. The number of rotatable bonds is 5. The summed E-state index contributed by atoms with van der Waals surface area (Å²) in [5, 5.41) is 0. The lowest BCUT2D eigenvalue weighted by molar-refractivity contribution is -0.116. The molecule has 0 amide bonds. The Hall–Kier alpha value is -2.41. The van der Waals surface area contributed by atoms with Gasteiger partial charge >= 0.3 is 0 Å². The second kappa shape index (κ2) is 6.57. The van der Waals surface area contributed by atoms with E-state index in [0.29, 0.717) is 6.42 Å². The average Bonchev–Trinajstić information content (AvgIpc) is 2.98. The summed E-state index contributed by atoms with van der Waals surface area (Å²) in [5.74, 6) is 0.517. The van der Waals surface area contributed by atoms with E-state index in [-0.39, 0.29) is 11.7 Å². The Balaban J connectivity index is 1.94. The molecule has 0 saturated heterocycles. The predicted octanol–water partition coefficient (Wildman–Crippen LogP) is 5.16. The van der Waals surface area contributed by atoms with Crippen molar-refractivity contribution in [3.05, 3.63) is 89.5 Å². The quantitative estimate of drug-likeness (QED) is 0.742. The Morgan fingerprint density at radius 3 is 2.18 bits per heavy atom. The van der Waals surface area contributed by atoms with Crippen molar-refractivity contribution in [2.45, 2.75) is 25.7 Å². The van der Waals surface area contributed by atoms with Crippen molar-refractivity contribution in [3.63, 3.8) is 0 Å². The van der Waals surface area contributed by atoms with Gasteiger partial charge in [0, 0.05) is 12.3 Å². The van der Waals surface area contributed by atoms with Gasteiger partial charge < -0.3 is 4.79 Å². The van der Waals surface area contributed by atoms with Crippen LogP contribution in [0.15, 0.2) is 78.4 Å². The lowest BCUT2D eigenvalue weighted by Gasteiger charge is -2.20. The molecule has 0 fully saturated rings. The van der Waals surface area contributed by atoms with Crippen LogP contribution in [0, 0.1) is 0 Å². The first-order valence-electron chi connectivity index (χ1n) is 7.76. The highest BCUT2D eigenvalue weighted by atomic mass is 16.1. The summed E-state index contributed by atoms with van der Waals surface area (Å²) in [6.45, 7) is 1.67. The highest BCUT2D eigenvalue weighted by molar-refractivity contribution is 5.80. The number of benzene rings is 2. The van der Waals surface area contributed by atoms with Gasteiger partial charge in [-0.05, 0) is 30.0 Å². The highest BCUT2D eigenvalue weighted by Crippen LogP contribution is 2.43. The number of carbonyl (C=O) groups is 1. The zero-order chi connectivity index (χ0) is 15.4. The predicted molar refractivity (Wildman–Crippen MR) is 91.6 cm³/mol. The van der Waals surface area contributed by atoms with Crippen molar-refractivity contribution in [2.24, 2.45) is 0 Å². The number of hydrogen-bond donors (Lipinski definition) is 0. The van der Waals surface area contributed by atoms with Gasteiger partial charge in [0.15, 0.2) is 0 Å². The minimum atomic E-state index is 0.251. The Labute approximate surface area is 132 Å². The Kier molecular flexibility index (Phi) is 4.34. The van der Waals surface area contributed by atoms with Crippen LogP contribution in [0.2, 0.25) is 0 Å². The summed E-state index contributed by atoms with van der Waals surface area (Å²) in [7, 11) is 0. The molecule has 0 N–H and O–H groups in total. The van der Waals surface area contributed by atoms with E-state index in [1.165, 1.54) is 22.3 Å².